The van der Waals surface area contributed by atoms with Crippen LogP contribution in [0.1, 0.15) is 70.4 Å². The van der Waals surface area contributed by atoms with Crippen LogP contribution in [0.25, 0.3) is 88.9 Å². The molecule has 0 spiro atoms. The summed E-state index contributed by atoms with van der Waals surface area (Å²) < 4.78 is 13.4. The van der Waals surface area contributed by atoms with Gasteiger partial charge in [0.25, 0.3) is 0 Å². The van der Waals surface area contributed by atoms with Gasteiger partial charge in [0.15, 0.2) is 5.92 Å². The average molecular weight is 1240 g/mol. The van der Waals surface area contributed by atoms with Crippen molar-refractivity contribution < 1.29 is 19.1 Å². The Labute approximate surface area is 509 Å². The number of aromatic nitrogens is 4. The highest BCUT2D eigenvalue weighted by atomic mass is 79.9. The maximum atomic E-state index is 15.0. The van der Waals surface area contributed by atoms with E-state index in [0.717, 1.165) is 97.9 Å². The fourth-order valence-electron chi connectivity index (χ4n) is 11.9. The molecule has 0 unspecified atom stereocenters. The zero-order chi connectivity index (χ0) is 58.0. The van der Waals surface area contributed by atoms with E-state index in [1.165, 1.54) is 0 Å². The number of fused-ring (bicyclic) bond motifs is 8. The monoisotopic (exact) mass is 1230 g/mol. The number of aromatic amines is 2. The van der Waals surface area contributed by atoms with Crippen LogP contribution in [0.15, 0.2) is 258 Å². The Bertz CT molecular complexity index is 4550. The number of ether oxygens (including phenoxy) is 2. The molecular formula is C75H54Br2N4O4. The van der Waals surface area contributed by atoms with E-state index in [1.54, 1.807) is 13.8 Å². The van der Waals surface area contributed by atoms with E-state index in [2.05, 4.69) is 175 Å². The van der Waals surface area contributed by atoms with E-state index in [9.17, 15) is 0 Å². The number of nitrogens with one attached hydrogen (secondary N) is 2. The van der Waals surface area contributed by atoms with Gasteiger partial charge in [-0.1, -0.05) is 243 Å². The Morgan fingerprint density at radius 2 is 0.624 bits per heavy atom. The van der Waals surface area contributed by atoms with Gasteiger partial charge in [0, 0.05) is 55.6 Å². The molecule has 0 aliphatic carbocycles. The largest absolute Gasteiger partial charge is 0.465 e. The third-order valence-corrected chi connectivity index (χ3v) is 17.6. The van der Waals surface area contributed by atoms with Crippen LogP contribution in [0.4, 0.5) is 0 Å². The number of hydrogen-bond acceptors (Lipinski definition) is 6. The molecule has 3 aromatic heterocycles. The molecule has 0 saturated carbocycles. The van der Waals surface area contributed by atoms with Gasteiger partial charge in [-0.05, 0) is 96.3 Å². The molecular weight excluding hydrogens is 1180 g/mol. The molecule has 0 atom stereocenters. The molecule has 10 heteroatoms. The zero-order valence-electron chi connectivity index (χ0n) is 46.4. The minimum Gasteiger partial charge on any atom is -0.465 e. The van der Waals surface area contributed by atoms with Gasteiger partial charge in [0.1, 0.15) is 0 Å². The molecule has 8 bridgehead atoms. The normalized spacial score (nSPS) is 12.2. The van der Waals surface area contributed by atoms with Crippen molar-refractivity contribution in [1.29, 1.82) is 0 Å². The van der Waals surface area contributed by atoms with Crippen molar-refractivity contribution >= 4 is 88.2 Å². The molecule has 2 aliphatic rings. The second-order valence-corrected chi connectivity index (χ2v) is 22.1. The molecule has 0 saturated heterocycles. The summed E-state index contributed by atoms with van der Waals surface area (Å²) >= 11 is 8.49. The van der Waals surface area contributed by atoms with E-state index in [4.69, 9.17) is 19.4 Å². The number of carbonyl (C=O) groups excluding carboxylic acids is 2. The topological polar surface area (TPSA) is 110 Å². The van der Waals surface area contributed by atoms with Gasteiger partial charge >= 0.3 is 11.9 Å². The first-order valence-corrected chi connectivity index (χ1v) is 29.9. The van der Waals surface area contributed by atoms with Crippen LogP contribution in [0.2, 0.25) is 0 Å². The maximum Gasteiger partial charge on any atom is 0.324 e. The molecule has 0 radical (unpaired) electrons. The minimum absolute atomic E-state index is 0.0254. The standard InChI is InChI=1S/C75H54Br2N4O4/c1-3-84-74(82)64(75(83)85-4-2)54-45-55-56(46-29-13-5-14-30-46)68-57(47-31-15-6-16-32-47)58(48-33-17-7-18-34-48)70(79-68)62(52-41-25-11-26-42-52)72-65(76)66(77)73(81-72)63(53-43-27-12-28-44-53)71-60(50-37-21-9-22-38-50)59(49-35-19-8-20-36-49)69(80-71)61(67(54)78-55)51-39-23-10-24-40-51/h5-45,64,78,81H,3-4H2,1-2H3. The fourth-order valence-corrected chi connectivity index (χ4v) is 12.9. The van der Waals surface area contributed by atoms with Gasteiger partial charge in [-0.2, -0.15) is 0 Å². The highest BCUT2D eigenvalue weighted by Gasteiger charge is 2.38. The van der Waals surface area contributed by atoms with E-state index < -0.39 is 17.9 Å². The smallest absolute Gasteiger partial charge is 0.324 e. The summed E-state index contributed by atoms with van der Waals surface area (Å²) in [5.74, 6) is -3.05. The quantitative estimate of drug-likeness (QED) is 0.0879. The summed E-state index contributed by atoms with van der Waals surface area (Å²) in [4.78, 5) is 50.3. The number of esters is 2. The molecule has 2 aliphatic heterocycles. The summed E-state index contributed by atoms with van der Waals surface area (Å²) in [5, 5.41) is 0. The average Bonchev–Trinajstić information content (AvgIpc) is 2.36. The third-order valence-electron chi connectivity index (χ3n) is 15.4. The third kappa shape index (κ3) is 10.1. The highest BCUT2D eigenvalue weighted by molar-refractivity contribution is 9.13. The lowest BCUT2D eigenvalue weighted by Crippen LogP contribution is -2.26. The van der Waals surface area contributed by atoms with Crippen molar-refractivity contribution in [2.24, 2.45) is 0 Å². The van der Waals surface area contributed by atoms with Gasteiger partial charge in [0.2, 0.25) is 0 Å². The molecule has 5 heterocycles. The van der Waals surface area contributed by atoms with Crippen molar-refractivity contribution in [2.75, 3.05) is 13.2 Å². The SMILES string of the molecule is CCOC(=O)C(C(=O)OCC)c1cc2[nH]c1c(-c1ccccc1)c1nc(c(-c3ccccc3)c3[nH]c(c(Br)c3Br)c(-c3ccccc3)c3nc(c2-c2ccccc2)C(c2ccccc2)=C3c2ccccc2)C(c2ccccc2)=C1c1ccccc1. The van der Waals surface area contributed by atoms with Gasteiger partial charge in [-0.25, -0.2) is 9.97 Å². The Morgan fingerprint density at radius 1 is 0.365 bits per heavy atom. The molecule has 0 amide bonds. The molecule has 13 rings (SSSR count). The van der Waals surface area contributed by atoms with Gasteiger partial charge in [-0.15, -0.1) is 0 Å². The lowest BCUT2D eigenvalue weighted by Gasteiger charge is -2.16. The van der Waals surface area contributed by atoms with Crippen molar-refractivity contribution in [3.63, 3.8) is 0 Å². The lowest BCUT2D eigenvalue weighted by molar-refractivity contribution is -0.156. The minimum atomic E-state index is -1.55. The van der Waals surface area contributed by atoms with Gasteiger partial charge < -0.3 is 19.4 Å². The van der Waals surface area contributed by atoms with Crippen molar-refractivity contribution in [2.45, 2.75) is 19.8 Å². The summed E-state index contributed by atoms with van der Waals surface area (Å²) in [7, 11) is 0. The van der Waals surface area contributed by atoms with Crippen LogP contribution < -0.4 is 0 Å². The zero-order valence-corrected chi connectivity index (χ0v) is 49.6. The molecule has 11 aromatic rings. The van der Waals surface area contributed by atoms with Crippen molar-refractivity contribution in [3.05, 3.63) is 308 Å². The van der Waals surface area contributed by atoms with Crippen LogP contribution in [0.5, 0.6) is 0 Å². The first kappa shape index (κ1) is 54.5. The second-order valence-electron chi connectivity index (χ2n) is 20.5. The van der Waals surface area contributed by atoms with E-state index >= 15 is 9.59 Å². The van der Waals surface area contributed by atoms with E-state index in [-0.39, 0.29) is 13.2 Å². The predicted octanol–water partition coefficient (Wildman–Crippen LogP) is 18.7. The summed E-state index contributed by atoms with van der Waals surface area (Å²) in [6.07, 6.45) is 0. The van der Waals surface area contributed by atoms with Gasteiger partial charge in [-0.3, -0.25) is 9.59 Å². The van der Waals surface area contributed by atoms with E-state index in [1.807, 2.05) is 115 Å². The Kier molecular flexibility index (Phi) is 15.3. The highest BCUT2D eigenvalue weighted by Crippen LogP contribution is 2.53. The second kappa shape index (κ2) is 23.9. The molecule has 8 nitrogen and oxygen atoms in total. The Morgan fingerprint density at radius 3 is 0.918 bits per heavy atom. The summed E-state index contributed by atoms with van der Waals surface area (Å²) in [6, 6.07) is 84.4. The first-order valence-electron chi connectivity index (χ1n) is 28.3. The fraction of sp³-hybridized carbons (Fsp3) is 0.0667. The number of benzene rings is 8. The number of carbonyl (C=O) groups is 2. The molecule has 2 N–H and O–H groups in total. The molecule has 8 aromatic carbocycles. The number of rotatable bonds is 13. The molecule has 85 heavy (non-hydrogen) atoms. The number of halogens is 2. The van der Waals surface area contributed by atoms with Crippen LogP contribution in [-0.2, 0) is 19.1 Å². The Balaban J connectivity index is 1.41. The maximum absolute atomic E-state index is 15.0. The van der Waals surface area contributed by atoms with Crippen LogP contribution in [0.3, 0.4) is 0 Å². The number of H-pyrrole nitrogens is 2. The molecule has 0 fully saturated rings. The van der Waals surface area contributed by atoms with Crippen LogP contribution in [-0.4, -0.2) is 45.1 Å². The van der Waals surface area contributed by atoms with Crippen molar-refractivity contribution in [1.82, 2.24) is 19.9 Å². The number of nitrogens with zero attached hydrogens (tertiary/aromatic N) is 2. The summed E-state index contributed by atoms with van der Waals surface area (Å²) in [6.45, 7) is 3.53. The number of hydrogen-bond donors (Lipinski definition) is 2. The van der Waals surface area contributed by atoms with Crippen LogP contribution >= 0.6 is 31.9 Å². The van der Waals surface area contributed by atoms with Gasteiger partial charge in [0.05, 0.1) is 61.5 Å². The first-order chi connectivity index (χ1) is 41.8. The van der Waals surface area contributed by atoms with Crippen molar-refractivity contribution in [3.8, 4) is 44.5 Å². The van der Waals surface area contributed by atoms with Crippen LogP contribution in [0, 0.1) is 0 Å². The molecule has 412 valence electrons. The summed E-state index contributed by atoms with van der Waals surface area (Å²) in [5.41, 5.74) is 19.1. The van der Waals surface area contributed by atoms with E-state index in [0.29, 0.717) is 50.5 Å². The predicted molar refractivity (Wildman–Crippen MR) is 350 cm³/mol. The lowest BCUT2D eigenvalue weighted by atomic mass is 9.87. The Hall–Kier alpha value is -9.74.